The summed E-state index contributed by atoms with van der Waals surface area (Å²) in [5.41, 5.74) is 2.96. The second kappa shape index (κ2) is 8.13. The number of aliphatic hydroxyl groups is 1. The van der Waals surface area contributed by atoms with Crippen molar-refractivity contribution in [1.29, 1.82) is 0 Å². The minimum Gasteiger partial charge on any atom is -0.462 e. The lowest BCUT2D eigenvalue weighted by Crippen LogP contribution is -2.25. The molecule has 0 saturated carbocycles. The summed E-state index contributed by atoms with van der Waals surface area (Å²) in [6, 6.07) is 7.30. The molecule has 2 N–H and O–H groups in total. The van der Waals surface area contributed by atoms with Gasteiger partial charge >= 0.3 is 5.69 Å². The Bertz CT molecular complexity index is 1190. The SMILES string of the molecule is O=c1[nH]c2ncc(-c3ccc(C4(O)C=CC=CO4)cc3)nc2n1CCC1CCOCC1. The van der Waals surface area contributed by atoms with Gasteiger partial charge in [0.15, 0.2) is 11.3 Å². The Balaban J connectivity index is 1.40. The number of benzene rings is 1. The van der Waals surface area contributed by atoms with E-state index >= 15 is 0 Å². The largest absolute Gasteiger partial charge is 0.462 e. The van der Waals surface area contributed by atoms with Crippen molar-refractivity contribution in [2.75, 3.05) is 13.2 Å². The smallest absolute Gasteiger partial charge is 0.328 e. The molecule has 8 heteroatoms. The van der Waals surface area contributed by atoms with Gasteiger partial charge in [-0.1, -0.05) is 30.3 Å². The number of ether oxygens (including phenoxy) is 2. The third-order valence-electron chi connectivity index (χ3n) is 5.94. The van der Waals surface area contributed by atoms with E-state index in [9.17, 15) is 9.90 Å². The Morgan fingerprint density at radius 3 is 2.74 bits per heavy atom. The Morgan fingerprint density at radius 1 is 1.19 bits per heavy atom. The number of aromatic amines is 1. The number of fused-ring (bicyclic) bond motifs is 1. The van der Waals surface area contributed by atoms with Gasteiger partial charge < -0.3 is 14.6 Å². The standard InChI is InChI=1S/C23H24N4O4/c28-22-26-20-21(27(22)11-7-16-8-13-30-14-9-16)25-19(15-24-20)17-3-5-18(6-4-17)23(29)10-1-2-12-31-23/h1-6,10,12,15-16,29H,7-9,11,13-14H2,(H,24,26,28). The lowest BCUT2D eigenvalue weighted by molar-refractivity contribution is -0.135. The van der Waals surface area contributed by atoms with Crippen molar-refractivity contribution in [2.45, 2.75) is 31.6 Å². The Kier molecular flexibility index (Phi) is 5.17. The average molecular weight is 420 g/mol. The van der Waals surface area contributed by atoms with Gasteiger partial charge in [-0.2, -0.15) is 0 Å². The normalized spacial score (nSPS) is 21.5. The molecule has 160 valence electrons. The predicted octanol–water partition coefficient (Wildman–Crippen LogP) is 2.85. The van der Waals surface area contributed by atoms with Crippen molar-refractivity contribution in [1.82, 2.24) is 19.5 Å². The van der Waals surface area contributed by atoms with Gasteiger partial charge in [0, 0.05) is 30.9 Å². The zero-order chi connectivity index (χ0) is 21.3. The summed E-state index contributed by atoms with van der Waals surface area (Å²) in [5, 5.41) is 10.6. The summed E-state index contributed by atoms with van der Waals surface area (Å²) in [4.78, 5) is 24.4. The van der Waals surface area contributed by atoms with Crippen LogP contribution < -0.4 is 5.69 Å². The van der Waals surface area contributed by atoms with Crippen molar-refractivity contribution in [3.63, 3.8) is 0 Å². The van der Waals surface area contributed by atoms with Crippen LogP contribution in [0.15, 0.2) is 59.7 Å². The number of aryl methyl sites for hydroxylation is 1. The van der Waals surface area contributed by atoms with Gasteiger partial charge in [-0.3, -0.25) is 9.55 Å². The summed E-state index contributed by atoms with van der Waals surface area (Å²) in [7, 11) is 0. The molecule has 1 atom stereocenters. The van der Waals surface area contributed by atoms with Gasteiger partial charge in [-0.25, -0.2) is 14.8 Å². The molecule has 0 bridgehead atoms. The summed E-state index contributed by atoms with van der Waals surface area (Å²) in [6.45, 7) is 2.18. The number of nitrogens with zero attached hydrogens (tertiary/aromatic N) is 3. The maximum absolute atomic E-state index is 12.5. The van der Waals surface area contributed by atoms with Crippen molar-refractivity contribution in [2.24, 2.45) is 5.92 Å². The first kappa shape index (κ1) is 19.7. The fourth-order valence-corrected chi connectivity index (χ4v) is 4.07. The van der Waals surface area contributed by atoms with Crippen molar-refractivity contribution >= 4 is 11.3 Å². The fourth-order valence-electron chi connectivity index (χ4n) is 4.07. The van der Waals surface area contributed by atoms with E-state index in [1.54, 1.807) is 41.1 Å². The number of nitrogens with one attached hydrogen (secondary N) is 1. The summed E-state index contributed by atoms with van der Waals surface area (Å²) < 4.78 is 12.5. The quantitative estimate of drug-likeness (QED) is 0.658. The zero-order valence-corrected chi connectivity index (χ0v) is 17.0. The monoisotopic (exact) mass is 420 g/mol. The molecule has 31 heavy (non-hydrogen) atoms. The fraction of sp³-hybridized carbons (Fsp3) is 0.348. The highest BCUT2D eigenvalue weighted by Gasteiger charge is 2.28. The molecule has 0 amide bonds. The van der Waals surface area contributed by atoms with Crippen LogP contribution in [-0.2, 0) is 21.8 Å². The topological polar surface area (TPSA) is 102 Å². The highest BCUT2D eigenvalue weighted by molar-refractivity contribution is 5.70. The number of H-pyrrole nitrogens is 1. The van der Waals surface area contributed by atoms with Crippen LogP contribution in [0.3, 0.4) is 0 Å². The highest BCUT2D eigenvalue weighted by atomic mass is 16.6. The molecule has 5 rings (SSSR count). The second-order valence-corrected chi connectivity index (χ2v) is 7.93. The van der Waals surface area contributed by atoms with Gasteiger partial charge in [0.05, 0.1) is 18.2 Å². The molecule has 1 unspecified atom stereocenters. The molecule has 2 aromatic heterocycles. The third kappa shape index (κ3) is 3.92. The van der Waals surface area contributed by atoms with E-state index in [2.05, 4.69) is 9.97 Å². The minimum atomic E-state index is -1.48. The first-order valence-corrected chi connectivity index (χ1v) is 10.5. The molecule has 8 nitrogen and oxygen atoms in total. The van der Waals surface area contributed by atoms with Crippen molar-refractivity contribution in [3.05, 3.63) is 71.0 Å². The molecule has 2 aliphatic heterocycles. The molecule has 2 aliphatic rings. The van der Waals surface area contributed by atoms with Crippen LogP contribution >= 0.6 is 0 Å². The van der Waals surface area contributed by atoms with E-state index in [0.29, 0.717) is 35.0 Å². The van der Waals surface area contributed by atoms with Crippen molar-refractivity contribution in [3.8, 4) is 11.3 Å². The van der Waals surface area contributed by atoms with E-state index < -0.39 is 5.79 Å². The van der Waals surface area contributed by atoms with Crippen LogP contribution in [0.1, 0.15) is 24.8 Å². The second-order valence-electron chi connectivity index (χ2n) is 7.93. The van der Waals surface area contributed by atoms with Crippen LogP contribution in [0.2, 0.25) is 0 Å². The van der Waals surface area contributed by atoms with Gasteiger partial charge in [-0.15, -0.1) is 0 Å². The Morgan fingerprint density at radius 2 is 2.00 bits per heavy atom. The van der Waals surface area contributed by atoms with Crippen LogP contribution in [0.25, 0.3) is 22.6 Å². The lowest BCUT2D eigenvalue weighted by Gasteiger charge is -2.26. The molecular weight excluding hydrogens is 396 g/mol. The zero-order valence-electron chi connectivity index (χ0n) is 17.0. The molecule has 1 fully saturated rings. The van der Waals surface area contributed by atoms with E-state index in [0.717, 1.165) is 38.0 Å². The molecule has 1 aromatic carbocycles. The lowest BCUT2D eigenvalue weighted by atomic mass is 9.97. The van der Waals surface area contributed by atoms with Gasteiger partial charge in [0.25, 0.3) is 5.79 Å². The number of hydrogen-bond acceptors (Lipinski definition) is 6. The molecular formula is C23H24N4O4. The third-order valence-corrected chi connectivity index (χ3v) is 5.94. The summed E-state index contributed by atoms with van der Waals surface area (Å²) in [6.07, 6.45) is 11.1. The molecule has 0 spiro atoms. The number of imidazole rings is 1. The van der Waals surface area contributed by atoms with Crippen molar-refractivity contribution < 1.29 is 14.6 Å². The highest BCUT2D eigenvalue weighted by Crippen LogP contribution is 2.29. The number of hydrogen-bond donors (Lipinski definition) is 2. The summed E-state index contributed by atoms with van der Waals surface area (Å²) in [5.74, 6) is -0.917. The molecule has 1 saturated heterocycles. The first-order valence-electron chi connectivity index (χ1n) is 10.5. The van der Waals surface area contributed by atoms with Crippen LogP contribution in [0.4, 0.5) is 0 Å². The first-order chi connectivity index (χ1) is 15.1. The summed E-state index contributed by atoms with van der Waals surface area (Å²) >= 11 is 0. The molecule has 0 aliphatic carbocycles. The van der Waals surface area contributed by atoms with E-state index in [-0.39, 0.29) is 5.69 Å². The van der Waals surface area contributed by atoms with E-state index in [4.69, 9.17) is 14.5 Å². The number of aromatic nitrogens is 4. The van der Waals surface area contributed by atoms with Gasteiger partial charge in [0.2, 0.25) is 0 Å². The van der Waals surface area contributed by atoms with Crippen LogP contribution in [-0.4, -0.2) is 37.8 Å². The number of rotatable bonds is 5. The maximum Gasteiger partial charge on any atom is 0.328 e. The predicted molar refractivity (Wildman–Crippen MR) is 115 cm³/mol. The van der Waals surface area contributed by atoms with Crippen LogP contribution in [0.5, 0.6) is 0 Å². The van der Waals surface area contributed by atoms with Gasteiger partial charge in [-0.05, 0) is 37.3 Å². The maximum atomic E-state index is 12.5. The molecule has 3 aromatic rings. The van der Waals surface area contributed by atoms with E-state index in [1.165, 1.54) is 6.26 Å². The number of allylic oxidation sites excluding steroid dienone is 2. The van der Waals surface area contributed by atoms with Gasteiger partial charge in [0.1, 0.15) is 0 Å². The Hall–Kier alpha value is -3.23. The van der Waals surface area contributed by atoms with E-state index in [1.807, 2.05) is 12.1 Å². The molecule has 0 radical (unpaired) electrons. The molecule has 4 heterocycles. The minimum absolute atomic E-state index is 0.189. The Labute approximate surface area is 178 Å². The average Bonchev–Trinajstić information content (AvgIpc) is 3.13. The van der Waals surface area contributed by atoms with Crippen LogP contribution in [0, 0.1) is 5.92 Å².